The van der Waals surface area contributed by atoms with Crippen LogP contribution in [0.4, 0.5) is 0 Å². The predicted molar refractivity (Wildman–Crippen MR) is 80.9 cm³/mol. The highest BCUT2D eigenvalue weighted by Crippen LogP contribution is 2.30. The van der Waals surface area contributed by atoms with Crippen LogP contribution in [0.2, 0.25) is 0 Å². The van der Waals surface area contributed by atoms with Gasteiger partial charge in [0.1, 0.15) is 0 Å². The fourth-order valence-electron chi connectivity index (χ4n) is 3.00. The summed E-state index contributed by atoms with van der Waals surface area (Å²) in [6, 6.07) is 0. The molecule has 2 aromatic rings. The molecular formula is C14H20ClN3S. The van der Waals surface area contributed by atoms with E-state index in [0.717, 1.165) is 35.5 Å². The van der Waals surface area contributed by atoms with Crippen molar-refractivity contribution in [2.45, 2.75) is 32.2 Å². The normalized spacial score (nSPS) is 24.1. The van der Waals surface area contributed by atoms with Crippen molar-refractivity contribution in [2.24, 2.45) is 11.8 Å². The summed E-state index contributed by atoms with van der Waals surface area (Å²) in [6.07, 6.45) is 9.50. The summed E-state index contributed by atoms with van der Waals surface area (Å²) in [5.74, 6) is 2.26. The zero-order valence-electron chi connectivity index (χ0n) is 11.0. The van der Waals surface area contributed by atoms with E-state index < -0.39 is 0 Å². The molecule has 0 spiro atoms. The monoisotopic (exact) mass is 297 g/mol. The second-order valence-electron chi connectivity index (χ2n) is 5.41. The number of hydrogen-bond acceptors (Lipinski definition) is 3. The summed E-state index contributed by atoms with van der Waals surface area (Å²) >= 11 is 7.75. The number of aromatic nitrogens is 2. The van der Waals surface area contributed by atoms with Crippen molar-refractivity contribution in [3.63, 3.8) is 0 Å². The maximum atomic E-state index is 6.07. The van der Waals surface area contributed by atoms with Gasteiger partial charge >= 0.3 is 0 Å². The first-order chi connectivity index (χ1) is 9.36. The zero-order valence-corrected chi connectivity index (χ0v) is 12.6. The van der Waals surface area contributed by atoms with Crippen LogP contribution >= 0.6 is 22.9 Å². The minimum absolute atomic E-state index is 0.702. The first-order valence-corrected chi connectivity index (χ1v) is 8.46. The Kier molecular flexibility index (Phi) is 4.41. The van der Waals surface area contributed by atoms with E-state index in [0.29, 0.717) is 5.92 Å². The molecule has 104 valence electrons. The Labute approximate surface area is 123 Å². The molecular weight excluding hydrogens is 278 g/mol. The maximum absolute atomic E-state index is 6.07. The van der Waals surface area contributed by atoms with Gasteiger partial charge in [0.05, 0.1) is 5.69 Å². The highest BCUT2D eigenvalue weighted by molar-refractivity contribution is 7.15. The van der Waals surface area contributed by atoms with Gasteiger partial charge in [-0.3, -0.25) is 4.40 Å². The highest BCUT2D eigenvalue weighted by atomic mass is 35.5. The van der Waals surface area contributed by atoms with Gasteiger partial charge in [-0.25, -0.2) is 4.98 Å². The largest absolute Gasteiger partial charge is 0.311 e. The van der Waals surface area contributed by atoms with Crippen LogP contribution in [0.25, 0.3) is 4.96 Å². The molecule has 2 aromatic heterocycles. The molecule has 0 aliphatic heterocycles. The molecule has 1 N–H and O–H groups in total. The number of imidazole rings is 1. The smallest absolute Gasteiger partial charge is 0.193 e. The van der Waals surface area contributed by atoms with E-state index >= 15 is 0 Å². The molecule has 5 heteroatoms. The standard InChI is InChI=1S/C14H20ClN3S/c15-7-11-3-1-2-4-12(11)8-16-9-13-10-18-5-6-19-14(18)17-13/h5-6,10-12,16H,1-4,7-9H2. The molecule has 3 nitrogen and oxygen atoms in total. The van der Waals surface area contributed by atoms with Crippen LogP contribution in [0, 0.1) is 11.8 Å². The lowest BCUT2D eigenvalue weighted by Crippen LogP contribution is -2.31. The lowest BCUT2D eigenvalue weighted by molar-refractivity contribution is 0.250. The molecule has 0 bridgehead atoms. The fraction of sp³-hybridized carbons (Fsp3) is 0.643. The molecule has 1 fully saturated rings. The van der Waals surface area contributed by atoms with Crippen LogP contribution in [0.5, 0.6) is 0 Å². The van der Waals surface area contributed by atoms with E-state index in [4.69, 9.17) is 11.6 Å². The number of thiazole rings is 1. The summed E-state index contributed by atoms with van der Waals surface area (Å²) in [5, 5.41) is 5.62. The van der Waals surface area contributed by atoms with Gasteiger partial charge in [0.25, 0.3) is 0 Å². The lowest BCUT2D eigenvalue weighted by Gasteiger charge is -2.30. The van der Waals surface area contributed by atoms with Crippen LogP contribution in [0.1, 0.15) is 31.4 Å². The minimum atomic E-state index is 0.702. The zero-order chi connectivity index (χ0) is 13.1. The Hall–Kier alpha value is -0.580. The highest BCUT2D eigenvalue weighted by Gasteiger charge is 2.23. The predicted octanol–water partition coefficient (Wildman–Crippen LogP) is 3.53. The first-order valence-electron chi connectivity index (χ1n) is 7.04. The van der Waals surface area contributed by atoms with Crippen molar-refractivity contribution in [2.75, 3.05) is 12.4 Å². The molecule has 2 atom stereocenters. The van der Waals surface area contributed by atoms with Crippen molar-refractivity contribution in [3.8, 4) is 0 Å². The molecule has 2 unspecified atom stereocenters. The number of rotatable bonds is 5. The van der Waals surface area contributed by atoms with E-state index in [2.05, 4.69) is 32.5 Å². The first kappa shape index (κ1) is 13.4. The van der Waals surface area contributed by atoms with E-state index in [9.17, 15) is 0 Å². The summed E-state index contributed by atoms with van der Waals surface area (Å²) in [5.41, 5.74) is 1.13. The van der Waals surface area contributed by atoms with Crippen LogP contribution in [-0.2, 0) is 6.54 Å². The van der Waals surface area contributed by atoms with Crippen molar-refractivity contribution >= 4 is 27.9 Å². The van der Waals surface area contributed by atoms with Gasteiger partial charge in [-0.2, -0.15) is 0 Å². The molecule has 19 heavy (non-hydrogen) atoms. The van der Waals surface area contributed by atoms with Crippen LogP contribution in [0.15, 0.2) is 17.8 Å². The molecule has 1 saturated carbocycles. The van der Waals surface area contributed by atoms with Crippen molar-refractivity contribution in [1.29, 1.82) is 0 Å². The average molecular weight is 298 g/mol. The van der Waals surface area contributed by atoms with Gasteiger partial charge in [0, 0.05) is 30.2 Å². The van der Waals surface area contributed by atoms with E-state index in [1.165, 1.54) is 25.7 Å². The van der Waals surface area contributed by atoms with Crippen LogP contribution in [-0.4, -0.2) is 21.8 Å². The van der Waals surface area contributed by atoms with Crippen LogP contribution in [0.3, 0.4) is 0 Å². The Morgan fingerprint density at radius 1 is 1.37 bits per heavy atom. The Morgan fingerprint density at radius 3 is 3.00 bits per heavy atom. The van der Waals surface area contributed by atoms with E-state index in [1.54, 1.807) is 11.3 Å². The number of nitrogens with zero attached hydrogens (tertiary/aromatic N) is 2. The molecule has 3 rings (SSSR count). The molecule has 0 amide bonds. The average Bonchev–Trinajstić information content (AvgIpc) is 3.00. The second kappa shape index (κ2) is 6.25. The number of hydrogen-bond donors (Lipinski definition) is 1. The van der Waals surface area contributed by atoms with Gasteiger partial charge in [-0.05, 0) is 31.2 Å². The molecule has 0 radical (unpaired) electrons. The third kappa shape index (κ3) is 3.12. The second-order valence-corrected chi connectivity index (χ2v) is 6.60. The summed E-state index contributed by atoms with van der Waals surface area (Å²) in [4.78, 5) is 5.66. The van der Waals surface area contributed by atoms with Gasteiger partial charge in [0.15, 0.2) is 4.96 Å². The van der Waals surface area contributed by atoms with Gasteiger partial charge in [-0.15, -0.1) is 22.9 Å². The summed E-state index contributed by atoms with van der Waals surface area (Å²) in [6.45, 7) is 1.93. The SMILES string of the molecule is ClCC1CCCCC1CNCc1cn2ccsc2n1. The summed E-state index contributed by atoms with van der Waals surface area (Å²) in [7, 11) is 0. The molecule has 0 aromatic carbocycles. The molecule has 1 aliphatic carbocycles. The van der Waals surface area contributed by atoms with Crippen molar-refractivity contribution in [1.82, 2.24) is 14.7 Å². The Balaban J connectivity index is 1.50. The molecule has 0 saturated heterocycles. The number of fused-ring (bicyclic) bond motifs is 1. The summed E-state index contributed by atoms with van der Waals surface area (Å²) < 4.78 is 2.09. The van der Waals surface area contributed by atoms with E-state index in [1.807, 2.05) is 0 Å². The number of halogens is 1. The number of alkyl halides is 1. The van der Waals surface area contributed by atoms with Gasteiger partial charge in [-0.1, -0.05) is 12.8 Å². The van der Waals surface area contributed by atoms with Crippen molar-refractivity contribution < 1.29 is 0 Å². The minimum Gasteiger partial charge on any atom is -0.311 e. The topological polar surface area (TPSA) is 29.3 Å². The van der Waals surface area contributed by atoms with Gasteiger partial charge < -0.3 is 5.32 Å². The van der Waals surface area contributed by atoms with Gasteiger partial charge in [0.2, 0.25) is 0 Å². The Bertz CT molecular complexity index is 493. The van der Waals surface area contributed by atoms with Crippen molar-refractivity contribution in [3.05, 3.63) is 23.5 Å². The lowest BCUT2D eigenvalue weighted by atomic mass is 9.80. The van der Waals surface area contributed by atoms with Crippen LogP contribution < -0.4 is 5.32 Å². The van der Waals surface area contributed by atoms with E-state index in [-0.39, 0.29) is 0 Å². The fourth-order valence-corrected chi connectivity index (χ4v) is 4.13. The molecule has 1 aliphatic rings. The Morgan fingerprint density at radius 2 is 2.21 bits per heavy atom. The third-order valence-corrected chi connectivity index (χ3v) is 5.29. The number of nitrogens with one attached hydrogen (secondary N) is 1. The maximum Gasteiger partial charge on any atom is 0.193 e. The molecule has 2 heterocycles. The quantitative estimate of drug-likeness (QED) is 0.856. The third-order valence-electron chi connectivity index (χ3n) is 4.12.